The molecule has 14 heavy (non-hydrogen) atoms. The summed E-state index contributed by atoms with van der Waals surface area (Å²) in [5.74, 6) is 0. The van der Waals surface area contributed by atoms with Gasteiger partial charge < -0.3 is 5.32 Å². The molecule has 1 nitrogen and oxygen atoms in total. The van der Waals surface area contributed by atoms with Crippen LogP contribution in [0.2, 0.25) is 0 Å². The Kier molecular flexibility index (Phi) is 4.35. The predicted molar refractivity (Wildman–Crippen MR) is 55.6 cm³/mol. The maximum atomic E-state index is 4.44. The molecule has 0 radical (unpaired) electrons. The number of para-hydroxylation sites is 2. The van der Waals surface area contributed by atoms with Gasteiger partial charge in [0.1, 0.15) is 0 Å². The molecule has 0 saturated heterocycles. The summed E-state index contributed by atoms with van der Waals surface area (Å²) >= 11 is 0. The first kappa shape index (κ1) is 10.9. The molecule has 0 atom stereocenters. The van der Waals surface area contributed by atoms with Gasteiger partial charge in [0.2, 0.25) is 0 Å². The molecule has 2 aromatic rings. The van der Waals surface area contributed by atoms with Crippen molar-refractivity contribution in [2.75, 3.05) is 0 Å². The summed E-state index contributed by atoms with van der Waals surface area (Å²) in [5, 5.41) is 4.44. The molecule has 0 heterocycles. The van der Waals surface area contributed by atoms with E-state index in [1.54, 1.807) is 0 Å². The van der Waals surface area contributed by atoms with E-state index in [1.807, 2.05) is 60.7 Å². The second kappa shape index (κ2) is 5.56. The van der Waals surface area contributed by atoms with Gasteiger partial charge in [0, 0.05) is 19.5 Å². The molecule has 0 aromatic heterocycles. The van der Waals surface area contributed by atoms with Crippen molar-refractivity contribution in [1.82, 2.24) is 0 Å². The zero-order valence-electron chi connectivity index (χ0n) is 7.93. The number of hydrogen-bond donors (Lipinski definition) is 0. The molecule has 0 aliphatic rings. The van der Waals surface area contributed by atoms with Crippen LogP contribution in [-0.2, 0) is 19.5 Å². The fourth-order valence-corrected chi connectivity index (χ4v) is 1.15. The second-order valence-electron chi connectivity index (χ2n) is 2.78. The number of benzene rings is 2. The van der Waals surface area contributed by atoms with E-state index >= 15 is 0 Å². The molecule has 0 unspecified atom stereocenters. The minimum absolute atomic E-state index is 0. The van der Waals surface area contributed by atoms with Crippen LogP contribution < -0.4 is 0 Å². The molecule has 0 fully saturated rings. The summed E-state index contributed by atoms with van der Waals surface area (Å²) in [4.78, 5) is 0. The van der Waals surface area contributed by atoms with Crippen molar-refractivity contribution in [2.45, 2.75) is 0 Å². The van der Waals surface area contributed by atoms with Crippen LogP contribution in [0, 0.1) is 0 Å². The standard InChI is InChI=1S/C12H10N.Zn/c1-3-7-11(8-4-1)13-12-9-5-2-6-10-12;/h1-10H;/q-1;. The molecule has 0 spiro atoms. The topological polar surface area (TPSA) is 14.1 Å². The minimum Gasteiger partial charge on any atom is -0.658 e. The van der Waals surface area contributed by atoms with E-state index in [-0.39, 0.29) is 19.5 Å². The molecule has 0 saturated carbocycles. The molecule has 0 amide bonds. The van der Waals surface area contributed by atoms with Gasteiger partial charge in [-0.15, -0.1) is 11.4 Å². The Bertz CT molecular complexity index is 321. The average molecular weight is 234 g/mol. The van der Waals surface area contributed by atoms with Crippen molar-refractivity contribution in [2.24, 2.45) is 0 Å². The van der Waals surface area contributed by atoms with Gasteiger partial charge in [-0.1, -0.05) is 60.7 Å². The number of nitrogens with zero attached hydrogens (tertiary/aromatic N) is 1. The van der Waals surface area contributed by atoms with Crippen molar-refractivity contribution in [3.63, 3.8) is 0 Å². The largest absolute Gasteiger partial charge is 0.658 e. The van der Waals surface area contributed by atoms with Gasteiger partial charge in [0.15, 0.2) is 0 Å². The van der Waals surface area contributed by atoms with Crippen molar-refractivity contribution in [3.8, 4) is 0 Å². The van der Waals surface area contributed by atoms with Gasteiger partial charge >= 0.3 is 0 Å². The third kappa shape index (κ3) is 2.97. The van der Waals surface area contributed by atoms with E-state index in [0.717, 1.165) is 11.4 Å². The Morgan fingerprint density at radius 3 is 1.29 bits per heavy atom. The molecule has 2 aromatic carbocycles. The van der Waals surface area contributed by atoms with Crippen LogP contribution in [0.4, 0.5) is 11.4 Å². The molecule has 0 aliphatic carbocycles. The van der Waals surface area contributed by atoms with Crippen molar-refractivity contribution in [3.05, 3.63) is 66.0 Å². The van der Waals surface area contributed by atoms with Gasteiger partial charge in [-0.05, 0) is 0 Å². The monoisotopic (exact) mass is 232 g/mol. The third-order valence-electron chi connectivity index (χ3n) is 1.77. The van der Waals surface area contributed by atoms with Gasteiger partial charge in [0.25, 0.3) is 0 Å². The van der Waals surface area contributed by atoms with Crippen LogP contribution in [-0.4, -0.2) is 0 Å². The second-order valence-corrected chi connectivity index (χ2v) is 2.78. The molecular formula is C12H10NZn-. The van der Waals surface area contributed by atoms with Crippen LogP contribution in [0.1, 0.15) is 0 Å². The van der Waals surface area contributed by atoms with Crippen LogP contribution >= 0.6 is 0 Å². The summed E-state index contributed by atoms with van der Waals surface area (Å²) in [7, 11) is 0. The minimum atomic E-state index is 0. The Labute approximate surface area is 96.9 Å². The fourth-order valence-electron chi connectivity index (χ4n) is 1.15. The quantitative estimate of drug-likeness (QED) is 0.696. The average Bonchev–Trinajstić information content (AvgIpc) is 2.21. The molecule has 2 rings (SSSR count). The van der Waals surface area contributed by atoms with Crippen LogP contribution in [0.5, 0.6) is 0 Å². The first-order chi connectivity index (χ1) is 6.45. The van der Waals surface area contributed by atoms with Gasteiger partial charge in [-0.25, -0.2) is 0 Å². The summed E-state index contributed by atoms with van der Waals surface area (Å²) in [6.45, 7) is 0. The fraction of sp³-hybridized carbons (Fsp3) is 0. The normalized spacial score (nSPS) is 8.86. The Morgan fingerprint density at radius 2 is 0.929 bits per heavy atom. The van der Waals surface area contributed by atoms with Crippen LogP contribution in [0.15, 0.2) is 60.7 Å². The van der Waals surface area contributed by atoms with E-state index in [2.05, 4.69) is 5.32 Å². The molecule has 2 heteroatoms. The van der Waals surface area contributed by atoms with Gasteiger partial charge in [-0.3, -0.25) is 0 Å². The summed E-state index contributed by atoms with van der Waals surface area (Å²) in [5.41, 5.74) is 1.99. The number of rotatable bonds is 2. The molecule has 0 aliphatic heterocycles. The van der Waals surface area contributed by atoms with Crippen molar-refractivity contribution in [1.29, 1.82) is 0 Å². The molecule has 66 valence electrons. The van der Waals surface area contributed by atoms with Gasteiger partial charge in [-0.2, -0.15) is 0 Å². The zero-order valence-corrected chi connectivity index (χ0v) is 10.9. The Balaban J connectivity index is 0.000000980. The smallest absolute Gasteiger partial charge is 0 e. The third-order valence-corrected chi connectivity index (χ3v) is 1.77. The van der Waals surface area contributed by atoms with Crippen LogP contribution in [0.3, 0.4) is 0 Å². The number of hydrogen-bond acceptors (Lipinski definition) is 0. The van der Waals surface area contributed by atoms with Crippen molar-refractivity contribution < 1.29 is 19.5 Å². The molecule has 0 bridgehead atoms. The van der Waals surface area contributed by atoms with Crippen molar-refractivity contribution >= 4 is 11.4 Å². The van der Waals surface area contributed by atoms with E-state index in [0.29, 0.717) is 0 Å². The summed E-state index contributed by atoms with van der Waals surface area (Å²) in [6, 6.07) is 19.9. The summed E-state index contributed by atoms with van der Waals surface area (Å²) < 4.78 is 0. The maximum Gasteiger partial charge on any atom is 0 e. The molecular weight excluding hydrogens is 224 g/mol. The van der Waals surface area contributed by atoms with E-state index < -0.39 is 0 Å². The predicted octanol–water partition coefficient (Wildman–Crippen LogP) is 4.02. The Hall–Kier alpha value is -1.14. The zero-order chi connectivity index (χ0) is 8.93. The van der Waals surface area contributed by atoms with Gasteiger partial charge in [0.05, 0.1) is 0 Å². The van der Waals surface area contributed by atoms with E-state index in [9.17, 15) is 0 Å². The first-order valence-electron chi connectivity index (χ1n) is 4.27. The first-order valence-corrected chi connectivity index (χ1v) is 4.27. The molecule has 0 N–H and O–H groups in total. The van der Waals surface area contributed by atoms with Crippen LogP contribution in [0.25, 0.3) is 5.32 Å². The SMILES string of the molecule is [Zn].c1ccc([N-]c2ccccc2)cc1. The van der Waals surface area contributed by atoms with E-state index in [1.165, 1.54) is 0 Å². The summed E-state index contributed by atoms with van der Waals surface area (Å²) in [6.07, 6.45) is 0. The van der Waals surface area contributed by atoms with E-state index in [4.69, 9.17) is 0 Å². The maximum absolute atomic E-state index is 4.44. The Morgan fingerprint density at radius 1 is 0.571 bits per heavy atom.